The summed E-state index contributed by atoms with van der Waals surface area (Å²) < 4.78 is 33.8. The Morgan fingerprint density at radius 1 is 1.23 bits per heavy atom. The SMILES string of the molecule is O=C(Nc1nnc(-c2cccc(Br)c2)o1)C1CCN(S(=O)(=O)c2ccc(Cl)s2)CC1. The number of amides is 1. The average Bonchev–Trinajstić information content (AvgIpc) is 3.37. The van der Waals surface area contributed by atoms with Gasteiger partial charge in [0.15, 0.2) is 0 Å². The number of benzene rings is 1. The van der Waals surface area contributed by atoms with Crippen molar-refractivity contribution in [1.29, 1.82) is 0 Å². The Kier molecular flexibility index (Phi) is 6.26. The molecule has 1 aliphatic heterocycles. The van der Waals surface area contributed by atoms with E-state index in [9.17, 15) is 13.2 Å². The smallest absolute Gasteiger partial charge is 0.322 e. The van der Waals surface area contributed by atoms with E-state index in [4.69, 9.17) is 16.0 Å². The van der Waals surface area contributed by atoms with Crippen molar-refractivity contribution in [3.63, 3.8) is 0 Å². The first-order valence-corrected chi connectivity index (χ1v) is 12.4. The minimum absolute atomic E-state index is 0.0123. The molecule has 0 aliphatic carbocycles. The summed E-state index contributed by atoms with van der Waals surface area (Å²) in [7, 11) is -3.59. The van der Waals surface area contributed by atoms with E-state index in [1.54, 1.807) is 6.07 Å². The third-order valence-corrected chi connectivity index (χ3v) is 8.78. The quantitative estimate of drug-likeness (QED) is 0.528. The number of thiophene rings is 1. The van der Waals surface area contributed by atoms with E-state index in [1.807, 2.05) is 24.3 Å². The first-order chi connectivity index (χ1) is 14.3. The Morgan fingerprint density at radius 3 is 2.67 bits per heavy atom. The van der Waals surface area contributed by atoms with Crippen molar-refractivity contribution in [3.05, 3.63) is 45.2 Å². The van der Waals surface area contributed by atoms with Crippen LogP contribution in [-0.2, 0) is 14.8 Å². The highest BCUT2D eigenvalue weighted by Gasteiger charge is 2.33. The number of hydrogen-bond acceptors (Lipinski definition) is 7. The molecule has 30 heavy (non-hydrogen) atoms. The Hall–Kier alpha value is -1.79. The fraction of sp³-hybridized carbons (Fsp3) is 0.278. The van der Waals surface area contributed by atoms with Crippen LogP contribution < -0.4 is 5.32 Å². The molecule has 8 nitrogen and oxygen atoms in total. The van der Waals surface area contributed by atoms with Gasteiger partial charge in [-0.3, -0.25) is 10.1 Å². The zero-order valence-corrected chi connectivity index (χ0v) is 19.4. The molecule has 0 saturated carbocycles. The van der Waals surface area contributed by atoms with Crippen LogP contribution in [0.15, 0.2) is 49.5 Å². The van der Waals surface area contributed by atoms with Crippen LogP contribution in [0.1, 0.15) is 12.8 Å². The van der Waals surface area contributed by atoms with E-state index in [-0.39, 0.29) is 35.1 Å². The number of aromatic nitrogens is 2. The van der Waals surface area contributed by atoms with E-state index in [1.165, 1.54) is 10.4 Å². The van der Waals surface area contributed by atoms with Gasteiger partial charge in [0.05, 0.1) is 4.34 Å². The van der Waals surface area contributed by atoms with Gasteiger partial charge in [-0.1, -0.05) is 38.7 Å². The van der Waals surface area contributed by atoms with Gasteiger partial charge in [-0.15, -0.1) is 16.4 Å². The van der Waals surface area contributed by atoms with Crippen LogP contribution in [0.4, 0.5) is 6.01 Å². The maximum absolute atomic E-state index is 12.7. The molecule has 4 rings (SSSR count). The van der Waals surface area contributed by atoms with Crippen molar-refractivity contribution in [2.75, 3.05) is 18.4 Å². The van der Waals surface area contributed by atoms with Gasteiger partial charge in [0, 0.05) is 29.0 Å². The Morgan fingerprint density at radius 2 is 2.00 bits per heavy atom. The Balaban J connectivity index is 1.36. The van der Waals surface area contributed by atoms with Crippen LogP contribution in [0.3, 0.4) is 0 Å². The van der Waals surface area contributed by atoms with Crippen molar-refractivity contribution in [3.8, 4) is 11.5 Å². The van der Waals surface area contributed by atoms with E-state index in [0.717, 1.165) is 21.4 Å². The summed E-state index contributed by atoms with van der Waals surface area (Å²) >= 11 is 10.3. The van der Waals surface area contributed by atoms with Gasteiger partial charge in [-0.25, -0.2) is 8.42 Å². The van der Waals surface area contributed by atoms with E-state index in [0.29, 0.717) is 23.1 Å². The lowest BCUT2D eigenvalue weighted by Crippen LogP contribution is -2.41. The van der Waals surface area contributed by atoms with Crippen LogP contribution >= 0.6 is 38.9 Å². The van der Waals surface area contributed by atoms with Crippen molar-refractivity contribution < 1.29 is 17.6 Å². The minimum Gasteiger partial charge on any atom is -0.403 e. The molecule has 1 amide bonds. The lowest BCUT2D eigenvalue weighted by atomic mass is 9.97. The highest BCUT2D eigenvalue weighted by Crippen LogP contribution is 2.31. The zero-order chi connectivity index (χ0) is 21.3. The number of halogens is 2. The molecule has 158 valence electrons. The molecule has 1 fully saturated rings. The molecule has 1 aliphatic rings. The normalized spacial score (nSPS) is 15.9. The molecule has 1 aromatic carbocycles. The first-order valence-electron chi connectivity index (χ1n) is 8.99. The summed E-state index contributed by atoms with van der Waals surface area (Å²) in [5, 5.41) is 10.5. The van der Waals surface area contributed by atoms with Crippen molar-refractivity contribution in [1.82, 2.24) is 14.5 Å². The molecular weight excluding hydrogens is 516 g/mol. The lowest BCUT2D eigenvalue weighted by molar-refractivity contribution is -0.121. The highest BCUT2D eigenvalue weighted by atomic mass is 79.9. The molecular formula is C18H16BrClN4O4S2. The molecule has 0 atom stereocenters. The second-order valence-corrected chi connectivity index (χ2v) is 11.4. The largest absolute Gasteiger partial charge is 0.403 e. The number of carbonyl (C=O) groups excluding carboxylic acids is 1. The van der Waals surface area contributed by atoms with Gasteiger partial charge in [0.1, 0.15) is 4.21 Å². The highest BCUT2D eigenvalue weighted by molar-refractivity contribution is 9.10. The average molecular weight is 532 g/mol. The number of hydrogen-bond donors (Lipinski definition) is 1. The second-order valence-electron chi connectivity index (χ2n) is 6.65. The number of anilines is 1. The fourth-order valence-electron chi connectivity index (χ4n) is 3.14. The molecule has 0 bridgehead atoms. The monoisotopic (exact) mass is 530 g/mol. The van der Waals surface area contributed by atoms with E-state index >= 15 is 0 Å². The van der Waals surface area contributed by atoms with Gasteiger partial charge in [-0.2, -0.15) is 4.31 Å². The summed E-state index contributed by atoms with van der Waals surface area (Å²) in [6, 6.07) is 10.4. The van der Waals surface area contributed by atoms with Crippen LogP contribution in [0.2, 0.25) is 4.34 Å². The molecule has 1 N–H and O–H groups in total. The second kappa shape index (κ2) is 8.75. The number of nitrogens with zero attached hydrogens (tertiary/aromatic N) is 3. The number of piperidine rings is 1. The number of nitrogens with one attached hydrogen (secondary N) is 1. The predicted octanol–water partition coefficient (Wildman–Crippen LogP) is 4.25. The van der Waals surface area contributed by atoms with Gasteiger partial charge in [0.2, 0.25) is 11.8 Å². The number of carbonyl (C=O) groups is 1. The molecule has 0 radical (unpaired) electrons. The maximum Gasteiger partial charge on any atom is 0.322 e. The fourth-order valence-corrected chi connectivity index (χ4v) is 6.65. The summed E-state index contributed by atoms with van der Waals surface area (Å²) in [6.45, 7) is 0.506. The predicted molar refractivity (Wildman–Crippen MR) is 117 cm³/mol. The lowest BCUT2D eigenvalue weighted by Gasteiger charge is -2.29. The third kappa shape index (κ3) is 4.59. The zero-order valence-electron chi connectivity index (χ0n) is 15.4. The summed E-state index contributed by atoms with van der Waals surface area (Å²) in [6.07, 6.45) is 0.799. The molecule has 0 unspecified atom stereocenters. The van der Waals surface area contributed by atoms with Crippen LogP contribution in [0, 0.1) is 5.92 Å². The summed E-state index contributed by atoms with van der Waals surface area (Å²) in [4.78, 5) is 12.6. The standard InChI is InChI=1S/C18H16BrClN4O4S2/c19-13-3-1-2-12(10-13)17-22-23-18(28-17)21-16(25)11-6-8-24(9-7-11)30(26,27)15-5-4-14(20)29-15/h1-5,10-11H,6-9H2,(H,21,23,25). The van der Waals surface area contributed by atoms with Gasteiger partial charge >= 0.3 is 6.01 Å². The third-order valence-electron chi connectivity index (χ3n) is 4.69. The topological polar surface area (TPSA) is 105 Å². The van der Waals surface area contributed by atoms with Gasteiger partial charge in [0.25, 0.3) is 10.0 Å². The molecule has 3 heterocycles. The maximum atomic E-state index is 12.7. The number of rotatable bonds is 5. The molecule has 1 saturated heterocycles. The van der Waals surface area contributed by atoms with Gasteiger partial charge < -0.3 is 4.42 Å². The molecule has 0 spiro atoms. The molecule has 3 aromatic rings. The van der Waals surface area contributed by atoms with Crippen molar-refractivity contribution in [2.24, 2.45) is 5.92 Å². The minimum atomic E-state index is -3.59. The van der Waals surface area contributed by atoms with Crippen LogP contribution in [0.5, 0.6) is 0 Å². The Bertz CT molecular complexity index is 1170. The van der Waals surface area contributed by atoms with Crippen LogP contribution in [-0.4, -0.2) is 41.9 Å². The van der Waals surface area contributed by atoms with Crippen LogP contribution in [0.25, 0.3) is 11.5 Å². The van der Waals surface area contributed by atoms with Gasteiger partial charge in [-0.05, 0) is 43.2 Å². The van der Waals surface area contributed by atoms with E-state index in [2.05, 4.69) is 31.4 Å². The Labute approximate surface area is 190 Å². The summed E-state index contributed by atoms with van der Waals surface area (Å²) in [5.74, 6) is -0.317. The molecule has 12 heteroatoms. The molecule has 2 aromatic heterocycles. The van der Waals surface area contributed by atoms with E-state index < -0.39 is 10.0 Å². The first kappa shape index (κ1) is 21.4. The van der Waals surface area contributed by atoms with Crippen molar-refractivity contribution in [2.45, 2.75) is 17.1 Å². The van der Waals surface area contributed by atoms with Crippen molar-refractivity contribution >= 4 is 60.8 Å². The summed E-state index contributed by atoms with van der Waals surface area (Å²) in [5.41, 5.74) is 0.726. The number of sulfonamides is 1.